The molecule has 1 N–H and O–H groups in total. The molecule has 3 heteroatoms. The Morgan fingerprint density at radius 2 is 2.21 bits per heavy atom. The van der Waals surface area contributed by atoms with Crippen molar-refractivity contribution in [3.8, 4) is 0 Å². The maximum atomic E-state index is 11.5. The van der Waals surface area contributed by atoms with Crippen molar-refractivity contribution in [1.29, 1.82) is 0 Å². The third-order valence-corrected chi connectivity index (χ3v) is 2.46. The molecule has 0 bridgehead atoms. The predicted molar refractivity (Wildman–Crippen MR) is 56.1 cm³/mol. The zero-order valence-electron chi connectivity index (χ0n) is 9.43. The maximum absolute atomic E-state index is 11.5. The molecule has 82 valence electrons. The standard InChI is InChI=1S/C11H21NO2/c1-11(2,3)10(13)12-7-6-9-5-4-8-14-9/h9H,4-8H2,1-3H3,(H,12,13). The molecule has 14 heavy (non-hydrogen) atoms. The number of nitrogens with one attached hydrogen (secondary N) is 1. The smallest absolute Gasteiger partial charge is 0.225 e. The van der Waals surface area contributed by atoms with Crippen LogP contribution in [0.15, 0.2) is 0 Å². The molecular weight excluding hydrogens is 178 g/mol. The first kappa shape index (κ1) is 11.5. The molecule has 1 aliphatic heterocycles. The number of carbonyl (C=O) groups excluding carboxylic acids is 1. The zero-order chi connectivity index (χ0) is 10.6. The summed E-state index contributed by atoms with van der Waals surface area (Å²) in [7, 11) is 0. The largest absolute Gasteiger partial charge is 0.378 e. The number of amides is 1. The second-order valence-electron chi connectivity index (χ2n) is 4.93. The summed E-state index contributed by atoms with van der Waals surface area (Å²) in [5, 5.41) is 2.93. The Morgan fingerprint density at radius 3 is 2.71 bits per heavy atom. The van der Waals surface area contributed by atoms with E-state index in [4.69, 9.17) is 4.74 Å². The molecule has 1 amide bonds. The van der Waals surface area contributed by atoms with Crippen LogP contribution < -0.4 is 5.32 Å². The minimum Gasteiger partial charge on any atom is -0.378 e. The van der Waals surface area contributed by atoms with Crippen molar-refractivity contribution in [2.75, 3.05) is 13.2 Å². The van der Waals surface area contributed by atoms with Crippen LogP contribution in [0.3, 0.4) is 0 Å². The maximum Gasteiger partial charge on any atom is 0.225 e. The summed E-state index contributed by atoms with van der Waals surface area (Å²) in [6, 6.07) is 0. The van der Waals surface area contributed by atoms with E-state index in [2.05, 4.69) is 5.32 Å². The summed E-state index contributed by atoms with van der Waals surface area (Å²) in [5.41, 5.74) is -0.281. The van der Waals surface area contributed by atoms with Crippen LogP contribution in [0.4, 0.5) is 0 Å². The van der Waals surface area contributed by atoms with Gasteiger partial charge in [0.05, 0.1) is 6.10 Å². The first-order valence-corrected chi connectivity index (χ1v) is 5.40. The first-order chi connectivity index (χ1) is 6.50. The third-order valence-electron chi connectivity index (χ3n) is 2.46. The van der Waals surface area contributed by atoms with Gasteiger partial charge in [-0.05, 0) is 19.3 Å². The van der Waals surface area contributed by atoms with E-state index < -0.39 is 0 Å². The normalized spacial score (nSPS) is 22.4. The lowest BCUT2D eigenvalue weighted by atomic mass is 9.95. The highest BCUT2D eigenvalue weighted by atomic mass is 16.5. The van der Waals surface area contributed by atoms with Gasteiger partial charge < -0.3 is 10.1 Å². The van der Waals surface area contributed by atoms with Crippen LogP contribution >= 0.6 is 0 Å². The first-order valence-electron chi connectivity index (χ1n) is 5.40. The van der Waals surface area contributed by atoms with Crippen molar-refractivity contribution in [3.05, 3.63) is 0 Å². The molecule has 0 radical (unpaired) electrons. The molecule has 1 fully saturated rings. The van der Waals surface area contributed by atoms with Gasteiger partial charge in [-0.2, -0.15) is 0 Å². The number of hydrogen-bond donors (Lipinski definition) is 1. The van der Waals surface area contributed by atoms with Gasteiger partial charge in [-0.25, -0.2) is 0 Å². The molecule has 0 aromatic carbocycles. The van der Waals surface area contributed by atoms with Crippen molar-refractivity contribution in [2.45, 2.75) is 46.1 Å². The van der Waals surface area contributed by atoms with Crippen LogP contribution in [0, 0.1) is 5.41 Å². The second-order valence-corrected chi connectivity index (χ2v) is 4.93. The van der Waals surface area contributed by atoms with Gasteiger partial charge in [0.1, 0.15) is 0 Å². The van der Waals surface area contributed by atoms with E-state index >= 15 is 0 Å². The Labute approximate surface area is 86.2 Å². The summed E-state index contributed by atoms with van der Waals surface area (Å²) in [6.45, 7) is 7.40. The van der Waals surface area contributed by atoms with E-state index in [0.29, 0.717) is 6.10 Å². The van der Waals surface area contributed by atoms with Gasteiger partial charge >= 0.3 is 0 Å². The van der Waals surface area contributed by atoms with Gasteiger partial charge in [-0.15, -0.1) is 0 Å². The average molecular weight is 199 g/mol. The predicted octanol–water partition coefficient (Wildman–Crippen LogP) is 1.72. The zero-order valence-corrected chi connectivity index (χ0v) is 9.43. The number of ether oxygens (including phenoxy) is 1. The third kappa shape index (κ3) is 3.66. The van der Waals surface area contributed by atoms with Crippen molar-refractivity contribution >= 4 is 5.91 Å². The van der Waals surface area contributed by atoms with Crippen LogP contribution in [-0.4, -0.2) is 25.2 Å². The fourth-order valence-electron chi connectivity index (χ4n) is 1.48. The Bertz CT molecular complexity index is 190. The molecule has 1 atom stereocenters. The highest BCUT2D eigenvalue weighted by Gasteiger charge is 2.21. The molecule has 0 saturated carbocycles. The molecular formula is C11H21NO2. The summed E-state index contributed by atoms with van der Waals surface area (Å²) < 4.78 is 5.47. The van der Waals surface area contributed by atoms with E-state index in [1.54, 1.807) is 0 Å². The van der Waals surface area contributed by atoms with E-state index in [9.17, 15) is 4.79 Å². The summed E-state index contributed by atoms with van der Waals surface area (Å²) in [4.78, 5) is 11.5. The van der Waals surface area contributed by atoms with Crippen LogP contribution in [0.2, 0.25) is 0 Å². The molecule has 1 rings (SSSR count). The van der Waals surface area contributed by atoms with Gasteiger partial charge in [-0.1, -0.05) is 20.8 Å². The molecule has 1 saturated heterocycles. The Morgan fingerprint density at radius 1 is 1.50 bits per heavy atom. The summed E-state index contributed by atoms with van der Waals surface area (Å²) >= 11 is 0. The second kappa shape index (κ2) is 4.78. The Kier molecular flexibility index (Phi) is 3.93. The lowest BCUT2D eigenvalue weighted by Crippen LogP contribution is -2.36. The number of carbonyl (C=O) groups is 1. The highest BCUT2D eigenvalue weighted by molar-refractivity contribution is 5.81. The fourth-order valence-corrected chi connectivity index (χ4v) is 1.48. The minimum absolute atomic E-state index is 0.121. The molecule has 1 heterocycles. The van der Waals surface area contributed by atoms with E-state index in [-0.39, 0.29) is 11.3 Å². The van der Waals surface area contributed by atoms with Gasteiger partial charge in [0.2, 0.25) is 5.91 Å². The molecule has 0 spiro atoms. The SMILES string of the molecule is CC(C)(C)C(=O)NCCC1CCCO1. The fraction of sp³-hybridized carbons (Fsp3) is 0.909. The van der Waals surface area contributed by atoms with Gasteiger partial charge in [-0.3, -0.25) is 4.79 Å². The van der Waals surface area contributed by atoms with Crippen LogP contribution in [0.1, 0.15) is 40.0 Å². The van der Waals surface area contributed by atoms with Gasteiger partial charge in [0, 0.05) is 18.6 Å². The average Bonchev–Trinajstić information content (AvgIpc) is 2.55. The Hall–Kier alpha value is -0.570. The summed E-state index contributed by atoms with van der Waals surface area (Å²) in [5.74, 6) is 0.121. The molecule has 3 nitrogen and oxygen atoms in total. The number of rotatable bonds is 3. The van der Waals surface area contributed by atoms with Crippen molar-refractivity contribution < 1.29 is 9.53 Å². The molecule has 1 unspecified atom stereocenters. The molecule has 1 aliphatic rings. The monoisotopic (exact) mass is 199 g/mol. The van der Waals surface area contributed by atoms with E-state index in [1.807, 2.05) is 20.8 Å². The number of hydrogen-bond acceptors (Lipinski definition) is 2. The van der Waals surface area contributed by atoms with Crippen molar-refractivity contribution in [1.82, 2.24) is 5.32 Å². The van der Waals surface area contributed by atoms with Crippen LogP contribution in [-0.2, 0) is 9.53 Å². The van der Waals surface area contributed by atoms with E-state index in [1.165, 1.54) is 0 Å². The molecule has 0 aromatic heterocycles. The van der Waals surface area contributed by atoms with Gasteiger partial charge in [0.25, 0.3) is 0 Å². The highest BCUT2D eigenvalue weighted by Crippen LogP contribution is 2.15. The Balaban J connectivity index is 2.11. The van der Waals surface area contributed by atoms with Crippen molar-refractivity contribution in [3.63, 3.8) is 0 Å². The van der Waals surface area contributed by atoms with Crippen LogP contribution in [0.5, 0.6) is 0 Å². The molecule has 0 aromatic rings. The van der Waals surface area contributed by atoms with Crippen molar-refractivity contribution in [2.24, 2.45) is 5.41 Å². The van der Waals surface area contributed by atoms with E-state index in [0.717, 1.165) is 32.4 Å². The van der Waals surface area contributed by atoms with Gasteiger partial charge in [0.15, 0.2) is 0 Å². The topological polar surface area (TPSA) is 38.3 Å². The lowest BCUT2D eigenvalue weighted by molar-refractivity contribution is -0.128. The van der Waals surface area contributed by atoms with Crippen LogP contribution in [0.25, 0.3) is 0 Å². The summed E-state index contributed by atoms with van der Waals surface area (Å²) in [6.07, 6.45) is 3.63. The minimum atomic E-state index is -0.281. The molecule has 0 aliphatic carbocycles. The lowest BCUT2D eigenvalue weighted by Gasteiger charge is -2.18. The quantitative estimate of drug-likeness (QED) is 0.751.